The highest BCUT2D eigenvalue weighted by atomic mass is 16.4. The average Bonchev–Trinajstić information content (AvgIpc) is 2.10. The Labute approximate surface area is 86.7 Å². The minimum absolute atomic E-state index is 0.250. The Morgan fingerprint density at radius 3 is 2.93 bits per heavy atom. The number of rotatable bonds is 3. The molecule has 0 bridgehead atoms. The van der Waals surface area contributed by atoms with E-state index in [0.717, 1.165) is 11.6 Å². The highest BCUT2D eigenvalue weighted by Gasteiger charge is 2.00. The van der Waals surface area contributed by atoms with E-state index in [1.807, 2.05) is 6.92 Å². The normalized spacial score (nSPS) is 11.5. The molecule has 1 aromatic heterocycles. The molecule has 0 unspecified atom stereocenters. The summed E-state index contributed by atoms with van der Waals surface area (Å²) in [5.41, 5.74) is 1.08. The molecular weight excluding hydrogens is 196 g/mol. The molecule has 0 aliphatic heterocycles. The number of carboxylic acid groups (broad SMARTS) is 1. The van der Waals surface area contributed by atoms with Gasteiger partial charge in [0, 0.05) is 25.0 Å². The van der Waals surface area contributed by atoms with Gasteiger partial charge in [0.2, 0.25) is 0 Å². The van der Waals surface area contributed by atoms with Crippen LogP contribution in [0.5, 0.6) is 0 Å². The van der Waals surface area contributed by atoms with Crippen molar-refractivity contribution in [2.75, 3.05) is 0 Å². The summed E-state index contributed by atoms with van der Waals surface area (Å²) in [6, 6.07) is 0. The molecule has 0 radical (unpaired) electrons. The van der Waals surface area contributed by atoms with Crippen LogP contribution in [-0.2, 0) is 11.3 Å². The molecule has 1 aromatic rings. The fourth-order valence-electron chi connectivity index (χ4n) is 1.20. The van der Waals surface area contributed by atoms with E-state index in [-0.39, 0.29) is 12.2 Å². The molecule has 0 saturated heterocycles. The Kier molecular flexibility index (Phi) is 3.38. The summed E-state index contributed by atoms with van der Waals surface area (Å²) in [7, 11) is 0. The average molecular weight is 208 g/mol. The lowest BCUT2D eigenvalue weighted by molar-refractivity contribution is -0.131. The van der Waals surface area contributed by atoms with E-state index in [0.29, 0.717) is 5.57 Å². The number of carbonyl (C=O) groups is 1. The molecule has 1 rings (SSSR count). The maximum Gasteiger partial charge on any atom is 0.347 e. The largest absolute Gasteiger partial charge is 0.478 e. The van der Waals surface area contributed by atoms with Gasteiger partial charge in [-0.25, -0.2) is 14.6 Å². The molecule has 80 valence electrons. The third-order valence-electron chi connectivity index (χ3n) is 1.77. The first-order valence-electron chi connectivity index (χ1n) is 4.42. The van der Waals surface area contributed by atoms with Crippen molar-refractivity contribution in [1.82, 2.24) is 9.55 Å². The quantitative estimate of drug-likeness (QED) is 0.737. The summed E-state index contributed by atoms with van der Waals surface area (Å²) in [5, 5.41) is 8.51. The van der Waals surface area contributed by atoms with Crippen molar-refractivity contribution >= 4 is 5.97 Å². The third-order valence-corrected chi connectivity index (χ3v) is 1.77. The monoisotopic (exact) mass is 208 g/mol. The molecule has 1 N–H and O–H groups in total. The number of carboxylic acids is 1. The number of hydrogen-bond donors (Lipinski definition) is 1. The van der Waals surface area contributed by atoms with Gasteiger partial charge in [-0.2, -0.15) is 0 Å². The number of aryl methyl sites for hydroxylation is 1. The standard InChI is InChI=1S/C10H12N2O3/c1-7(3-9(13)14)5-12-6-8(2)4-11-10(12)15/h3-4,6H,5H2,1-2H3,(H,13,14). The van der Waals surface area contributed by atoms with Crippen LogP contribution in [0.3, 0.4) is 0 Å². The van der Waals surface area contributed by atoms with E-state index in [4.69, 9.17) is 5.11 Å². The van der Waals surface area contributed by atoms with Crippen LogP contribution >= 0.6 is 0 Å². The van der Waals surface area contributed by atoms with Crippen LogP contribution < -0.4 is 5.69 Å². The van der Waals surface area contributed by atoms with E-state index in [1.165, 1.54) is 10.8 Å². The van der Waals surface area contributed by atoms with Gasteiger partial charge in [0.25, 0.3) is 0 Å². The Bertz CT molecular complexity index is 460. The fraction of sp³-hybridized carbons (Fsp3) is 0.300. The van der Waals surface area contributed by atoms with Gasteiger partial charge in [0.15, 0.2) is 0 Å². The first kappa shape index (κ1) is 11.2. The van der Waals surface area contributed by atoms with Crippen LogP contribution in [-0.4, -0.2) is 20.6 Å². The van der Waals surface area contributed by atoms with E-state index >= 15 is 0 Å². The first-order chi connectivity index (χ1) is 6.99. The lowest BCUT2D eigenvalue weighted by Gasteiger charge is -2.04. The molecule has 15 heavy (non-hydrogen) atoms. The van der Waals surface area contributed by atoms with Gasteiger partial charge in [0.05, 0.1) is 0 Å². The third kappa shape index (κ3) is 3.38. The molecule has 0 aliphatic carbocycles. The van der Waals surface area contributed by atoms with Gasteiger partial charge >= 0.3 is 11.7 Å². The number of hydrogen-bond acceptors (Lipinski definition) is 3. The topological polar surface area (TPSA) is 72.2 Å². The van der Waals surface area contributed by atoms with E-state index in [1.54, 1.807) is 13.1 Å². The van der Waals surface area contributed by atoms with Crippen LogP contribution in [0.25, 0.3) is 0 Å². The first-order valence-corrected chi connectivity index (χ1v) is 4.42. The van der Waals surface area contributed by atoms with Crippen molar-refractivity contribution in [3.63, 3.8) is 0 Å². The number of nitrogens with zero attached hydrogens (tertiary/aromatic N) is 2. The van der Waals surface area contributed by atoms with Crippen LogP contribution in [0, 0.1) is 6.92 Å². The number of aromatic nitrogens is 2. The molecule has 0 aromatic carbocycles. The second-order valence-corrected chi connectivity index (χ2v) is 3.37. The minimum Gasteiger partial charge on any atom is -0.478 e. The van der Waals surface area contributed by atoms with Crippen LogP contribution in [0.4, 0.5) is 0 Å². The van der Waals surface area contributed by atoms with Crippen molar-refractivity contribution in [2.24, 2.45) is 0 Å². The zero-order valence-corrected chi connectivity index (χ0v) is 8.60. The number of allylic oxidation sites excluding steroid dienone is 1. The molecule has 5 nitrogen and oxygen atoms in total. The molecule has 0 amide bonds. The lowest BCUT2D eigenvalue weighted by Crippen LogP contribution is -2.23. The fourth-order valence-corrected chi connectivity index (χ4v) is 1.20. The summed E-state index contributed by atoms with van der Waals surface area (Å²) in [5.74, 6) is -1.01. The van der Waals surface area contributed by atoms with E-state index in [2.05, 4.69) is 4.98 Å². The Morgan fingerprint density at radius 2 is 2.33 bits per heavy atom. The van der Waals surface area contributed by atoms with Gasteiger partial charge < -0.3 is 5.11 Å². The van der Waals surface area contributed by atoms with Crippen LogP contribution in [0.15, 0.2) is 28.8 Å². The SMILES string of the molecule is CC(=CC(=O)O)Cn1cc(C)cnc1=O. The van der Waals surface area contributed by atoms with Crippen LogP contribution in [0.1, 0.15) is 12.5 Å². The molecule has 0 fully saturated rings. The molecule has 1 heterocycles. The maximum atomic E-state index is 11.3. The zero-order chi connectivity index (χ0) is 11.4. The Balaban J connectivity index is 2.94. The predicted octanol–water partition coefficient (Wildman–Crippen LogP) is 0.583. The van der Waals surface area contributed by atoms with Crippen molar-refractivity contribution in [3.8, 4) is 0 Å². The Morgan fingerprint density at radius 1 is 1.67 bits per heavy atom. The summed E-state index contributed by atoms with van der Waals surface area (Å²) in [6.07, 6.45) is 4.21. The maximum absolute atomic E-state index is 11.3. The molecular formula is C10H12N2O3. The smallest absolute Gasteiger partial charge is 0.347 e. The predicted molar refractivity (Wildman–Crippen MR) is 54.6 cm³/mol. The summed E-state index contributed by atoms with van der Waals surface area (Å²) < 4.78 is 1.38. The second kappa shape index (κ2) is 4.54. The van der Waals surface area contributed by atoms with Gasteiger partial charge in [-0.1, -0.05) is 0 Å². The second-order valence-electron chi connectivity index (χ2n) is 3.37. The van der Waals surface area contributed by atoms with E-state index < -0.39 is 5.97 Å². The summed E-state index contributed by atoms with van der Waals surface area (Å²) in [6.45, 7) is 3.72. The van der Waals surface area contributed by atoms with Crippen LogP contribution in [0.2, 0.25) is 0 Å². The summed E-state index contributed by atoms with van der Waals surface area (Å²) >= 11 is 0. The molecule has 0 spiro atoms. The van der Waals surface area contributed by atoms with Crippen molar-refractivity contribution in [2.45, 2.75) is 20.4 Å². The molecule has 0 aliphatic rings. The van der Waals surface area contributed by atoms with Crippen molar-refractivity contribution in [3.05, 3.63) is 40.1 Å². The van der Waals surface area contributed by atoms with Crippen molar-refractivity contribution in [1.29, 1.82) is 0 Å². The molecule has 0 saturated carbocycles. The van der Waals surface area contributed by atoms with Gasteiger partial charge in [0.1, 0.15) is 0 Å². The highest BCUT2D eigenvalue weighted by molar-refractivity contribution is 5.80. The summed E-state index contributed by atoms with van der Waals surface area (Å²) in [4.78, 5) is 25.3. The van der Waals surface area contributed by atoms with Gasteiger partial charge in [-0.15, -0.1) is 0 Å². The lowest BCUT2D eigenvalue weighted by atomic mass is 10.3. The molecule has 0 atom stereocenters. The van der Waals surface area contributed by atoms with Crippen molar-refractivity contribution < 1.29 is 9.90 Å². The minimum atomic E-state index is -1.01. The van der Waals surface area contributed by atoms with Gasteiger partial charge in [-0.05, 0) is 25.0 Å². The van der Waals surface area contributed by atoms with Gasteiger partial charge in [-0.3, -0.25) is 4.57 Å². The van der Waals surface area contributed by atoms with E-state index in [9.17, 15) is 9.59 Å². The molecule has 5 heteroatoms. The highest BCUT2D eigenvalue weighted by Crippen LogP contribution is 1.97. The number of aliphatic carboxylic acids is 1. The zero-order valence-electron chi connectivity index (χ0n) is 8.60. The Hall–Kier alpha value is -1.91.